The van der Waals surface area contributed by atoms with Crippen LogP contribution in [0.25, 0.3) is 0 Å². The number of nitrogens with one attached hydrogen (secondary N) is 2. The predicted molar refractivity (Wildman–Crippen MR) is 159 cm³/mol. The van der Waals surface area contributed by atoms with Gasteiger partial charge in [0.05, 0.1) is 26.2 Å². The molecule has 12 nitrogen and oxygen atoms in total. The Hall–Kier alpha value is -4.58. The minimum absolute atomic E-state index is 0.0589. The molecule has 2 saturated heterocycles. The molecule has 2 N–H and O–H groups in total. The highest BCUT2D eigenvalue weighted by atomic mass is 16.5. The Morgan fingerprint density at radius 3 is 2.49 bits per heavy atom. The lowest BCUT2D eigenvalue weighted by Crippen LogP contribution is -2.76. The van der Waals surface area contributed by atoms with Crippen LogP contribution in [0.5, 0.6) is 5.75 Å². The van der Waals surface area contributed by atoms with Gasteiger partial charge in [0.1, 0.15) is 24.6 Å². The number of carbonyl (C=O) groups is 4. The molecule has 0 bridgehead atoms. The smallest absolute Gasteiger partial charge is 0.407 e. The minimum Gasteiger partial charge on any atom is -0.497 e. The lowest BCUT2D eigenvalue weighted by atomic mass is 9.98. The van der Waals surface area contributed by atoms with Crippen LogP contribution in [0.4, 0.5) is 9.59 Å². The molecule has 12 heteroatoms. The Kier molecular flexibility index (Phi) is 10.6. The zero-order valence-electron chi connectivity index (χ0n) is 24.9. The minimum atomic E-state index is -0.811. The number of hydrogen-bond acceptors (Lipinski definition) is 7. The first-order chi connectivity index (χ1) is 20.7. The normalized spacial score (nSPS) is 19.4. The molecule has 5 amide bonds. The van der Waals surface area contributed by atoms with Crippen LogP contribution in [0.1, 0.15) is 36.9 Å². The summed E-state index contributed by atoms with van der Waals surface area (Å²) in [6.07, 6.45) is 0.888. The quantitative estimate of drug-likeness (QED) is 0.304. The van der Waals surface area contributed by atoms with E-state index in [4.69, 9.17) is 9.47 Å². The Morgan fingerprint density at radius 1 is 1.09 bits per heavy atom. The summed E-state index contributed by atoms with van der Waals surface area (Å²) in [6, 6.07) is 15.5. The van der Waals surface area contributed by atoms with Gasteiger partial charge in [-0.1, -0.05) is 55.1 Å². The van der Waals surface area contributed by atoms with Gasteiger partial charge in [0.2, 0.25) is 11.8 Å². The average molecular weight is 593 g/mol. The molecule has 230 valence electrons. The van der Waals surface area contributed by atoms with Crippen LogP contribution in [0.2, 0.25) is 0 Å². The van der Waals surface area contributed by atoms with Crippen LogP contribution in [0, 0.1) is 0 Å². The Bertz CT molecular complexity index is 1290. The third kappa shape index (κ3) is 7.44. The molecule has 2 aromatic carbocycles. The van der Waals surface area contributed by atoms with Gasteiger partial charge in [-0.3, -0.25) is 9.59 Å². The SMILES string of the molecule is C=CCOC(=O)NCCC[C@H]1C(=O)N([C@H](C)c2ccccc2)C[C@H]2N1C(=O)CN(C)N2C(=O)NCc1ccc(OC)cc1. The summed E-state index contributed by atoms with van der Waals surface area (Å²) in [6.45, 7) is 6.17. The summed E-state index contributed by atoms with van der Waals surface area (Å²) in [7, 11) is 3.28. The number of piperazine rings is 1. The maximum atomic E-state index is 14.0. The van der Waals surface area contributed by atoms with Crippen LogP contribution >= 0.6 is 0 Å². The molecule has 2 aliphatic heterocycles. The summed E-state index contributed by atoms with van der Waals surface area (Å²) in [4.78, 5) is 56.3. The number of ether oxygens (including phenoxy) is 2. The average Bonchev–Trinajstić information content (AvgIpc) is 3.02. The first kappa shape index (κ1) is 31.4. The lowest BCUT2D eigenvalue weighted by Gasteiger charge is -2.55. The molecule has 0 unspecified atom stereocenters. The Labute approximate surface area is 252 Å². The van der Waals surface area contributed by atoms with Gasteiger partial charge in [-0.2, -0.15) is 0 Å². The molecule has 0 radical (unpaired) electrons. The Balaban J connectivity index is 1.55. The van der Waals surface area contributed by atoms with Crippen molar-refractivity contribution >= 4 is 23.9 Å². The molecule has 2 heterocycles. The molecule has 2 aliphatic rings. The van der Waals surface area contributed by atoms with Gasteiger partial charge in [0, 0.05) is 20.1 Å². The summed E-state index contributed by atoms with van der Waals surface area (Å²) in [5.74, 6) is 0.281. The van der Waals surface area contributed by atoms with Crippen LogP contribution in [-0.2, 0) is 20.9 Å². The largest absolute Gasteiger partial charge is 0.497 e. The molecule has 0 aromatic heterocycles. The van der Waals surface area contributed by atoms with Crippen LogP contribution in [0.3, 0.4) is 0 Å². The number of benzene rings is 2. The Morgan fingerprint density at radius 2 is 1.81 bits per heavy atom. The van der Waals surface area contributed by atoms with Gasteiger partial charge in [-0.15, -0.1) is 0 Å². The second-order valence-corrected chi connectivity index (χ2v) is 10.5. The van der Waals surface area contributed by atoms with Crippen molar-refractivity contribution in [3.05, 3.63) is 78.4 Å². The highest BCUT2D eigenvalue weighted by molar-refractivity contribution is 5.91. The van der Waals surface area contributed by atoms with Crippen molar-refractivity contribution in [2.75, 3.05) is 40.4 Å². The van der Waals surface area contributed by atoms with Crippen molar-refractivity contribution in [3.63, 3.8) is 0 Å². The molecule has 3 atom stereocenters. The monoisotopic (exact) mass is 592 g/mol. The van der Waals surface area contributed by atoms with E-state index in [-0.39, 0.29) is 56.7 Å². The van der Waals surface area contributed by atoms with E-state index >= 15 is 0 Å². The van der Waals surface area contributed by atoms with Crippen LogP contribution < -0.4 is 15.4 Å². The number of amides is 5. The van der Waals surface area contributed by atoms with E-state index in [1.54, 1.807) is 29.0 Å². The summed E-state index contributed by atoms with van der Waals surface area (Å²) < 4.78 is 10.2. The number of hydrazine groups is 1. The van der Waals surface area contributed by atoms with E-state index in [1.807, 2.05) is 61.5 Å². The van der Waals surface area contributed by atoms with E-state index in [0.29, 0.717) is 12.8 Å². The van der Waals surface area contributed by atoms with Crippen LogP contribution in [0.15, 0.2) is 67.3 Å². The first-order valence-electron chi connectivity index (χ1n) is 14.3. The molecule has 43 heavy (non-hydrogen) atoms. The highest BCUT2D eigenvalue weighted by Crippen LogP contribution is 2.32. The molecular weight excluding hydrogens is 552 g/mol. The molecular formula is C31H40N6O6. The van der Waals surface area contributed by atoms with Crippen molar-refractivity contribution in [1.29, 1.82) is 0 Å². The number of likely N-dealkylation sites (N-methyl/N-ethyl adjacent to an activating group) is 1. The molecule has 0 aliphatic carbocycles. The van der Waals surface area contributed by atoms with Crippen LogP contribution in [-0.4, -0.2) is 96.4 Å². The van der Waals surface area contributed by atoms with E-state index in [2.05, 4.69) is 17.2 Å². The van der Waals surface area contributed by atoms with Gasteiger partial charge in [0.25, 0.3) is 0 Å². The number of urea groups is 1. The zero-order valence-corrected chi connectivity index (χ0v) is 24.9. The third-order valence-electron chi connectivity index (χ3n) is 7.70. The maximum Gasteiger partial charge on any atom is 0.407 e. The molecule has 2 aromatic rings. The fourth-order valence-corrected chi connectivity index (χ4v) is 5.48. The van der Waals surface area contributed by atoms with Gasteiger partial charge in [0.15, 0.2) is 0 Å². The summed E-state index contributed by atoms with van der Waals surface area (Å²) in [5, 5.41) is 8.75. The van der Waals surface area contributed by atoms with Crippen molar-refractivity contribution in [1.82, 2.24) is 30.5 Å². The van der Waals surface area contributed by atoms with E-state index < -0.39 is 18.3 Å². The zero-order chi connectivity index (χ0) is 30.9. The molecule has 0 saturated carbocycles. The fourth-order valence-electron chi connectivity index (χ4n) is 5.48. The number of nitrogens with zero attached hydrogens (tertiary/aromatic N) is 4. The topological polar surface area (TPSA) is 124 Å². The number of hydrogen-bond donors (Lipinski definition) is 2. The van der Waals surface area contributed by atoms with Crippen molar-refractivity contribution < 1.29 is 28.7 Å². The first-order valence-corrected chi connectivity index (χ1v) is 14.3. The number of alkyl carbamates (subject to hydrolysis) is 1. The van der Waals surface area contributed by atoms with Crippen molar-refractivity contribution in [3.8, 4) is 5.75 Å². The van der Waals surface area contributed by atoms with Gasteiger partial charge in [-0.05, 0) is 43.0 Å². The second kappa shape index (κ2) is 14.5. The standard InChI is InChI=1S/C31H40N6O6/c1-5-18-43-31(41)32-17-9-12-26-29(39)35(22(2)24-10-7-6-8-11-24)20-27-36(26)28(38)21-34(3)37(27)30(40)33-19-23-13-15-25(42-4)16-14-23/h5-8,10-11,13-16,22,26-27H,1,9,12,17-21H2,2-4H3,(H,32,41)(H,33,40)/t22-,26+,27+/m1/s1. The van der Waals surface area contributed by atoms with E-state index in [0.717, 1.165) is 16.9 Å². The van der Waals surface area contributed by atoms with Crippen molar-refractivity contribution in [2.45, 2.75) is 44.6 Å². The summed E-state index contributed by atoms with van der Waals surface area (Å²) in [5.41, 5.74) is 1.83. The fraction of sp³-hybridized carbons (Fsp3) is 0.419. The third-order valence-corrected chi connectivity index (χ3v) is 7.70. The number of carbonyl (C=O) groups excluding carboxylic acids is 4. The number of methoxy groups -OCH3 is 1. The molecule has 0 spiro atoms. The summed E-state index contributed by atoms with van der Waals surface area (Å²) >= 11 is 0. The van der Waals surface area contributed by atoms with Gasteiger partial charge in [-0.25, -0.2) is 19.6 Å². The maximum absolute atomic E-state index is 14.0. The lowest BCUT2D eigenvalue weighted by molar-refractivity contribution is -0.189. The van der Waals surface area contributed by atoms with E-state index in [9.17, 15) is 19.2 Å². The van der Waals surface area contributed by atoms with Crippen molar-refractivity contribution in [2.24, 2.45) is 0 Å². The molecule has 2 fully saturated rings. The number of fused-ring (bicyclic) bond motifs is 1. The second-order valence-electron chi connectivity index (χ2n) is 10.5. The molecule has 4 rings (SSSR count). The van der Waals surface area contributed by atoms with E-state index in [1.165, 1.54) is 11.1 Å². The highest BCUT2D eigenvalue weighted by Gasteiger charge is 2.51. The van der Waals surface area contributed by atoms with Gasteiger partial charge >= 0.3 is 12.1 Å². The van der Waals surface area contributed by atoms with Gasteiger partial charge < -0.3 is 29.9 Å². The predicted octanol–water partition coefficient (Wildman–Crippen LogP) is 2.89. The number of rotatable bonds is 11.